The molecule has 0 spiro atoms. The summed E-state index contributed by atoms with van der Waals surface area (Å²) in [6.45, 7) is 0. The number of fused-ring (bicyclic) bond motifs is 1. The minimum absolute atomic E-state index is 0.230. The maximum Gasteiger partial charge on any atom is 0.269 e. The van der Waals surface area contributed by atoms with Crippen molar-refractivity contribution >= 4 is 23.3 Å². The number of pyridine rings is 2. The third-order valence-corrected chi connectivity index (χ3v) is 5.01. The van der Waals surface area contributed by atoms with Crippen LogP contribution in [0.15, 0.2) is 55.0 Å². The standard InChI is InChI=1S/C19H19N7OS/c1-28-11-7-14(18-25-24-17-4-2-3-10-26(17)18)21-19(27)16-12-15(22-23-16)13-5-8-20-9-6-13/h2-6,8-10,12,14H,7,11H2,1H3,(H,21,27)(H,22,23). The van der Waals surface area contributed by atoms with E-state index < -0.39 is 0 Å². The van der Waals surface area contributed by atoms with Gasteiger partial charge < -0.3 is 5.32 Å². The summed E-state index contributed by atoms with van der Waals surface area (Å²) >= 11 is 1.72. The van der Waals surface area contributed by atoms with Crippen molar-refractivity contribution in [2.75, 3.05) is 12.0 Å². The van der Waals surface area contributed by atoms with Crippen LogP contribution in [0.2, 0.25) is 0 Å². The second-order valence-corrected chi connectivity index (χ2v) is 7.18. The van der Waals surface area contributed by atoms with Crippen LogP contribution in [0.4, 0.5) is 0 Å². The zero-order valence-electron chi connectivity index (χ0n) is 15.2. The Bertz CT molecular complexity index is 1080. The lowest BCUT2D eigenvalue weighted by Crippen LogP contribution is -2.30. The summed E-state index contributed by atoms with van der Waals surface area (Å²) in [7, 11) is 0. The highest BCUT2D eigenvalue weighted by molar-refractivity contribution is 7.98. The largest absolute Gasteiger partial charge is 0.341 e. The Labute approximate surface area is 165 Å². The minimum Gasteiger partial charge on any atom is -0.341 e. The molecule has 142 valence electrons. The Hall–Kier alpha value is -3.20. The van der Waals surface area contributed by atoms with Gasteiger partial charge in [0.15, 0.2) is 11.5 Å². The summed E-state index contributed by atoms with van der Waals surface area (Å²) in [6, 6.07) is 10.9. The maximum atomic E-state index is 12.8. The number of aromatic amines is 1. The molecule has 0 aromatic carbocycles. The predicted octanol–water partition coefficient (Wildman–Crippen LogP) is 2.74. The molecule has 1 amide bonds. The van der Waals surface area contributed by atoms with E-state index in [1.807, 2.05) is 47.2 Å². The first-order chi connectivity index (χ1) is 13.8. The molecule has 0 aliphatic rings. The molecule has 0 saturated heterocycles. The van der Waals surface area contributed by atoms with E-state index in [0.29, 0.717) is 17.2 Å². The molecule has 4 aromatic rings. The molecule has 1 atom stereocenters. The number of amides is 1. The van der Waals surface area contributed by atoms with Crippen LogP contribution in [-0.2, 0) is 0 Å². The molecule has 0 aliphatic carbocycles. The third kappa shape index (κ3) is 3.74. The summed E-state index contributed by atoms with van der Waals surface area (Å²) in [4.78, 5) is 16.8. The van der Waals surface area contributed by atoms with Crippen LogP contribution in [0.3, 0.4) is 0 Å². The number of thioether (sulfide) groups is 1. The van der Waals surface area contributed by atoms with Gasteiger partial charge in [0.2, 0.25) is 0 Å². The summed E-state index contributed by atoms with van der Waals surface area (Å²) in [6.07, 6.45) is 8.07. The van der Waals surface area contributed by atoms with Crippen molar-refractivity contribution < 1.29 is 4.79 Å². The molecule has 8 nitrogen and oxygen atoms in total. The monoisotopic (exact) mass is 393 g/mol. The van der Waals surface area contributed by atoms with Crippen LogP contribution in [0.5, 0.6) is 0 Å². The molecule has 0 bridgehead atoms. The molecule has 9 heteroatoms. The number of H-pyrrole nitrogens is 1. The fourth-order valence-electron chi connectivity index (χ4n) is 2.94. The first-order valence-corrected chi connectivity index (χ1v) is 10.2. The van der Waals surface area contributed by atoms with Crippen molar-refractivity contribution in [1.29, 1.82) is 0 Å². The summed E-state index contributed by atoms with van der Waals surface area (Å²) in [5, 5.41) is 18.6. The van der Waals surface area contributed by atoms with E-state index >= 15 is 0 Å². The Balaban J connectivity index is 1.57. The number of nitrogens with zero attached hydrogens (tertiary/aromatic N) is 5. The second-order valence-electron chi connectivity index (χ2n) is 6.20. The van der Waals surface area contributed by atoms with Crippen LogP contribution in [0.1, 0.15) is 28.8 Å². The van der Waals surface area contributed by atoms with Crippen molar-refractivity contribution in [3.63, 3.8) is 0 Å². The van der Waals surface area contributed by atoms with Gasteiger partial charge in [-0.05, 0) is 48.8 Å². The molecule has 0 radical (unpaired) electrons. The summed E-state index contributed by atoms with van der Waals surface area (Å²) in [5.74, 6) is 1.37. The quantitative estimate of drug-likeness (QED) is 0.501. The molecule has 4 aromatic heterocycles. The fraction of sp³-hybridized carbons (Fsp3) is 0.211. The predicted molar refractivity (Wildman–Crippen MR) is 108 cm³/mol. The molecular weight excluding hydrogens is 374 g/mol. The Morgan fingerprint density at radius 2 is 2.11 bits per heavy atom. The lowest BCUT2D eigenvalue weighted by molar-refractivity contribution is 0.0928. The molecule has 0 saturated carbocycles. The van der Waals surface area contributed by atoms with Gasteiger partial charge in [-0.2, -0.15) is 16.9 Å². The Morgan fingerprint density at radius 1 is 1.25 bits per heavy atom. The first-order valence-electron chi connectivity index (χ1n) is 8.81. The van der Waals surface area contributed by atoms with Crippen LogP contribution in [0, 0.1) is 0 Å². The average molecular weight is 393 g/mol. The molecule has 4 rings (SSSR count). The van der Waals surface area contributed by atoms with E-state index in [9.17, 15) is 4.79 Å². The summed E-state index contributed by atoms with van der Waals surface area (Å²) < 4.78 is 1.90. The topological polar surface area (TPSA) is 101 Å². The van der Waals surface area contributed by atoms with Gasteiger partial charge in [0.25, 0.3) is 5.91 Å². The molecule has 0 fully saturated rings. The van der Waals surface area contributed by atoms with Crippen molar-refractivity contribution in [1.82, 2.24) is 35.1 Å². The molecule has 0 aliphatic heterocycles. The third-order valence-electron chi connectivity index (χ3n) is 4.37. The van der Waals surface area contributed by atoms with Crippen LogP contribution in [0.25, 0.3) is 16.9 Å². The SMILES string of the molecule is CSCCC(NC(=O)c1cc(-c2ccncc2)n[nH]1)c1nnc2ccccn12. The lowest BCUT2D eigenvalue weighted by atomic mass is 10.1. The fourth-order valence-corrected chi connectivity index (χ4v) is 3.42. The number of nitrogens with one attached hydrogen (secondary N) is 2. The van der Waals surface area contributed by atoms with Gasteiger partial charge in [-0.25, -0.2) is 0 Å². The van der Waals surface area contributed by atoms with E-state index in [-0.39, 0.29) is 11.9 Å². The number of aromatic nitrogens is 6. The number of carbonyl (C=O) groups excluding carboxylic acids is 1. The molecule has 1 unspecified atom stereocenters. The number of carbonyl (C=O) groups is 1. The Kier molecular flexibility index (Phi) is 5.34. The summed E-state index contributed by atoms with van der Waals surface area (Å²) in [5.41, 5.74) is 2.74. The van der Waals surface area contributed by atoms with Crippen LogP contribution < -0.4 is 5.32 Å². The van der Waals surface area contributed by atoms with Crippen LogP contribution >= 0.6 is 11.8 Å². The van der Waals surface area contributed by atoms with Gasteiger partial charge in [0.05, 0.1) is 11.7 Å². The zero-order chi connectivity index (χ0) is 19.3. The molecular formula is C19H19N7OS. The normalized spacial score (nSPS) is 12.2. The van der Waals surface area contributed by atoms with E-state index in [2.05, 4.69) is 30.7 Å². The van der Waals surface area contributed by atoms with Gasteiger partial charge in [0, 0.05) is 24.2 Å². The number of rotatable bonds is 7. The lowest BCUT2D eigenvalue weighted by Gasteiger charge is -2.16. The van der Waals surface area contributed by atoms with Crippen molar-refractivity contribution in [2.24, 2.45) is 0 Å². The van der Waals surface area contributed by atoms with E-state index in [1.54, 1.807) is 30.2 Å². The van der Waals surface area contributed by atoms with Crippen molar-refractivity contribution in [3.05, 3.63) is 66.5 Å². The minimum atomic E-state index is -0.259. The maximum absolute atomic E-state index is 12.8. The molecule has 2 N–H and O–H groups in total. The van der Waals surface area contributed by atoms with Gasteiger partial charge in [-0.15, -0.1) is 10.2 Å². The van der Waals surface area contributed by atoms with E-state index in [1.165, 1.54) is 0 Å². The van der Waals surface area contributed by atoms with Gasteiger partial charge in [-0.1, -0.05) is 6.07 Å². The highest BCUT2D eigenvalue weighted by Gasteiger charge is 2.22. The number of hydrogen-bond acceptors (Lipinski definition) is 6. The first kappa shape index (κ1) is 18.2. The molecule has 4 heterocycles. The van der Waals surface area contributed by atoms with E-state index in [0.717, 1.165) is 23.4 Å². The van der Waals surface area contributed by atoms with Gasteiger partial charge in [0.1, 0.15) is 5.69 Å². The van der Waals surface area contributed by atoms with Crippen molar-refractivity contribution in [2.45, 2.75) is 12.5 Å². The Morgan fingerprint density at radius 3 is 2.93 bits per heavy atom. The highest BCUT2D eigenvalue weighted by atomic mass is 32.2. The average Bonchev–Trinajstić information content (AvgIpc) is 3.39. The van der Waals surface area contributed by atoms with E-state index in [4.69, 9.17) is 0 Å². The van der Waals surface area contributed by atoms with Crippen LogP contribution in [-0.4, -0.2) is 47.7 Å². The zero-order valence-corrected chi connectivity index (χ0v) is 16.1. The second kappa shape index (κ2) is 8.22. The van der Waals surface area contributed by atoms with Crippen molar-refractivity contribution in [3.8, 4) is 11.3 Å². The smallest absolute Gasteiger partial charge is 0.269 e. The highest BCUT2D eigenvalue weighted by Crippen LogP contribution is 2.20. The van der Waals surface area contributed by atoms with Gasteiger partial charge in [-0.3, -0.25) is 19.3 Å². The molecule has 28 heavy (non-hydrogen) atoms. The van der Waals surface area contributed by atoms with Gasteiger partial charge >= 0.3 is 0 Å². The number of hydrogen-bond donors (Lipinski definition) is 2.